The molecular formula is C13H23N5O. The van der Waals surface area contributed by atoms with E-state index in [0.29, 0.717) is 11.4 Å². The molecule has 1 saturated carbocycles. The molecule has 1 aliphatic carbocycles. The van der Waals surface area contributed by atoms with Crippen molar-refractivity contribution in [3.8, 4) is 0 Å². The van der Waals surface area contributed by atoms with E-state index in [1.54, 1.807) is 11.9 Å². The molecule has 0 radical (unpaired) electrons. The average molecular weight is 265 g/mol. The maximum absolute atomic E-state index is 12.5. The molecule has 0 unspecified atom stereocenters. The van der Waals surface area contributed by atoms with Gasteiger partial charge in [-0.15, -0.1) is 0 Å². The molecule has 1 aliphatic rings. The number of carbonyl (C=O) groups excluding carboxylic acids is 1. The molecule has 106 valence electrons. The largest absolute Gasteiger partial charge is 0.396 e. The number of carbonyl (C=O) groups is 1. The molecule has 0 saturated heterocycles. The van der Waals surface area contributed by atoms with Crippen molar-refractivity contribution in [1.29, 1.82) is 0 Å². The topological polar surface area (TPSA) is 67.4 Å². The molecule has 0 aliphatic heterocycles. The molecule has 1 aromatic rings. The van der Waals surface area contributed by atoms with E-state index in [4.69, 9.17) is 5.73 Å². The Labute approximate surface area is 114 Å². The lowest BCUT2D eigenvalue weighted by Gasteiger charge is -2.49. The third-order valence-electron chi connectivity index (χ3n) is 4.28. The molecule has 19 heavy (non-hydrogen) atoms. The van der Waals surface area contributed by atoms with Gasteiger partial charge in [0, 0.05) is 26.2 Å². The Bertz CT molecular complexity index is 456. The first-order valence-electron chi connectivity index (χ1n) is 6.58. The monoisotopic (exact) mass is 265 g/mol. The van der Waals surface area contributed by atoms with Crippen molar-refractivity contribution < 1.29 is 4.79 Å². The zero-order valence-electron chi connectivity index (χ0n) is 12.2. The summed E-state index contributed by atoms with van der Waals surface area (Å²) in [5.74, 6) is -0.0642. The summed E-state index contributed by atoms with van der Waals surface area (Å²) in [6, 6.07) is 0. The zero-order valence-corrected chi connectivity index (χ0v) is 12.2. The van der Waals surface area contributed by atoms with Gasteiger partial charge in [-0.1, -0.05) is 0 Å². The van der Waals surface area contributed by atoms with Gasteiger partial charge in [-0.2, -0.15) is 5.10 Å². The second-order valence-corrected chi connectivity index (χ2v) is 5.71. The number of aryl methyl sites for hydroxylation is 1. The Hall–Kier alpha value is -1.56. The first-order chi connectivity index (χ1) is 8.87. The van der Waals surface area contributed by atoms with Crippen molar-refractivity contribution >= 4 is 11.6 Å². The molecule has 1 fully saturated rings. The normalized spacial score (nSPS) is 17.3. The molecule has 6 nitrogen and oxygen atoms in total. The molecular weight excluding hydrogens is 242 g/mol. The van der Waals surface area contributed by atoms with Crippen LogP contribution in [-0.2, 0) is 7.05 Å². The third kappa shape index (κ3) is 2.32. The van der Waals surface area contributed by atoms with Gasteiger partial charge in [0.15, 0.2) is 0 Å². The minimum atomic E-state index is -0.0642. The minimum absolute atomic E-state index is 0.0642. The fourth-order valence-electron chi connectivity index (χ4n) is 2.74. The number of nitrogens with zero attached hydrogens (tertiary/aromatic N) is 4. The van der Waals surface area contributed by atoms with E-state index in [0.717, 1.165) is 19.4 Å². The number of likely N-dealkylation sites (N-methyl/N-ethyl adjacent to an activating group) is 2. The van der Waals surface area contributed by atoms with Crippen LogP contribution < -0.4 is 5.73 Å². The van der Waals surface area contributed by atoms with Gasteiger partial charge in [0.1, 0.15) is 5.69 Å². The fraction of sp³-hybridized carbons (Fsp3) is 0.692. The minimum Gasteiger partial charge on any atom is -0.396 e. The van der Waals surface area contributed by atoms with E-state index in [2.05, 4.69) is 24.1 Å². The van der Waals surface area contributed by atoms with Gasteiger partial charge in [0.2, 0.25) is 0 Å². The highest BCUT2D eigenvalue weighted by Crippen LogP contribution is 2.36. The molecule has 0 aromatic carbocycles. The number of amides is 1. The summed E-state index contributed by atoms with van der Waals surface area (Å²) < 4.78 is 1.54. The number of nitrogens with two attached hydrogens (primary N) is 1. The van der Waals surface area contributed by atoms with Crippen LogP contribution in [0.2, 0.25) is 0 Å². The first kappa shape index (κ1) is 13.9. The second-order valence-electron chi connectivity index (χ2n) is 5.71. The Morgan fingerprint density at radius 1 is 1.47 bits per heavy atom. The predicted octanol–water partition coefficient (Wildman–Crippen LogP) is 0.559. The Balaban J connectivity index is 2.12. The number of hydrogen-bond donors (Lipinski definition) is 1. The van der Waals surface area contributed by atoms with E-state index in [-0.39, 0.29) is 11.4 Å². The number of rotatable bonds is 4. The molecule has 6 heteroatoms. The van der Waals surface area contributed by atoms with Gasteiger partial charge in [0.05, 0.1) is 11.9 Å². The highest BCUT2D eigenvalue weighted by atomic mass is 16.2. The van der Waals surface area contributed by atoms with Crippen molar-refractivity contribution in [1.82, 2.24) is 19.6 Å². The highest BCUT2D eigenvalue weighted by molar-refractivity contribution is 5.97. The quantitative estimate of drug-likeness (QED) is 0.863. The maximum Gasteiger partial charge on any atom is 0.274 e. The summed E-state index contributed by atoms with van der Waals surface area (Å²) in [7, 11) is 7.73. The summed E-state index contributed by atoms with van der Waals surface area (Å²) in [6.07, 6.45) is 5.02. The smallest absolute Gasteiger partial charge is 0.274 e. The lowest BCUT2D eigenvalue weighted by Crippen LogP contribution is -2.57. The van der Waals surface area contributed by atoms with Crippen molar-refractivity contribution in [2.75, 3.05) is 33.4 Å². The van der Waals surface area contributed by atoms with Crippen molar-refractivity contribution in [2.45, 2.75) is 24.8 Å². The number of nitrogen functional groups attached to an aromatic ring is 1. The van der Waals surface area contributed by atoms with Crippen LogP contribution in [0, 0.1) is 0 Å². The molecule has 1 heterocycles. The van der Waals surface area contributed by atoms with Crippen LogP contribution in [0.4, 0.5) is 5.69 Å². The van der Waals surface area contributed by atoms with Gasteiger partial charge in [-0.25, -0.2) is 0 Å². The van der Waals surface area contributed by atoms with Crippen LogP contribution in [0.3, 0.4) is 0 Å². The van der Waals surface area contributed by atoms with Crippen molar-refractivity contribution in [3.63, 3.8) is 0 Å². The van der Waals surface area contributed by atoms with E-state index in [9.17, 15) is 4.79 Å². The number of aromatic nitrogens is 2. The summed E-state index contributed by atoms with van der Waals surface area (Å²) >= 11 is 0. The van der Waals surface area contributed by atoms with Crippen molar-refractivity contribution in [3.05, 3.63) is 11.9 Å². The molecule has 2 N–H and O–H groups in total. The lowest BCUT2D eigenvalue weighted by atomic mass is 9.75. The van der Waals surface area contributed by atoms with Gasteiger partial charge in [-0.3, -0.25) is 9.48 Å². The third-order valence-corrected chi connectivity index (χ3v) is 4.28. The molecule has 1 amide bonds. The van der Waals surface area contributed by atoms with Gasteiger partial charge in [0.25, 0.3) is 5.91 Å². The number of anilines is 1. The second kappa shape index (κ2) is 4.85. The summed E-state index contributed by atoms with van der Waals surface area (Å²) in [5, 5.41) is 4.02. The molecule has 2 rings (SSSR count). The van der Waals surface area contributed by atoms with E-state index < -0.39 is 0 Å². The Morgan fingerprint density at radius 2 is 2.11 bits per heavy atom. The SMILES string of the molecule is CN(CC1(N(C)C)CCC1)C(=O)c1c(N)cnn1C. The zero-order chi connectivity index (χ0) is 14.2. The standard InChI is InChI=1S/C13H23N5O/c1-16(2)13(6-5-7-13)9-17(3)12(19)11-10(14)8-15-18(11)4/h8H,5-7,9,14H2,1-4H3. The summed E-state index contributed by atoms with van der Waals surface area (Å²) in [4.78, 5) is 16.4. The highest BCUT2D eigenvalue weighted by Gasteiger charge is 2.41. The predicted molar refractivity (Wildman–Crippen MR) is 74.8 cm³/mol. The van der Waals surface area contributed by atoms with Crippen LogP contribution in [-0.4, -0.2) is 58.7 Å². The van der Waals surface area contributed by atoms with E-state index in [1.807, 2.05) is 7.05 Å². The van der Waals surface area contributed by atoms with Crippen LogP contribution in [0.5, 0.6) is 0 Å². The summed E-state index contributed by atoms with van der Waals surface area (Å²) in [5.41, 5.74) is 6.84. The summed E-state index contributed by atoms with van der Waals surface area (Å²) in [6.45, 7) is 0.726. The van der Waals surface area contributed by atoms with E-state index >= 15 is 0 Å². The molecule has 0 atom stereocenters. The van der Waals surface area contributed by atoms with Crippen LogP contribution in [0.15, 0.2) is 6.20 Å². The van der Waals surface area contributed by atoms with Gasteiger partial charge in [-0.05, 0) is 33.4 Å². The van der Waals surface area contributed by atoms with Gasteiger partial charge < -0.3 is 15.5 Å². The van der Waals surface area contributed by atoms with E-state index in [1.165, 1.54) is 17.3 Å². The van der Waals surface area contributed by atoms with Crippen LogP contribution in [0.1, 0.15) is 29.8 Å². The molecule has 1 aromatic heterocycles. The Kier molecular flexibility index (Phi) is 3.54. The molecule has 0 bridgehead atoms. The Morgan fingerprint density at radius 3 is 2.47 bits per heavy atom. The lowest BCUT2D eigenvalue weighted by molar-refractivity contribution is 0.0248. The van der Waals surface area contributed by atoms with Crippen molar-refractivity contribution in [2.24, 2.45) is 7.05 Å². The fourth-order valence-corrected chi connectivity index (χ4v) is 2.74. The first-order valence-corrected chi connectivity index (χ1v) is 6.58. The number of hydrogen-bond acceptors (Lipinski definition) is 4. The average Bonchev–Trinajstić information content (AvgIpc) is 2.62. The van der Waals surface area contributed by atoms with Crippen LogP contribution in [0.25, 0.3) is 0 Å². The van der Waals surface area contributed by atoms with Gasteiger partial charge >= 0.3 is 0 Å². The maximum atomic E-state index is 12.5. The molecule has 0 spiro atoms. The van der Waals surface area contributed by atoms with Crippen LogP contribution >= 0.6 is 0 Å².